The van der Waals surface area contributed by atoms with Crippen LogP contribution in [0, 0.1) is 6.92 Å². The van der Waals surface area contributed by atoms with E-state index in [4.69, 9.17) is 4.74 Å². The number of amides is 2. The normalized spacial score (nSPS) is 10.1. The summed E-state index contributed by atoms with van der Waals surface area (Å²) in [6.45, 7) is 4.03. The number of benzene rings is 2. The van der Waals surface area contributed by atoms with Crippen LogP contribution in [0.15, 0.2) is 48.5 Å². The standard InChI is InChI=1S/C20H22N2O4S/c1-3-26-20(25)15-6-10-17(11-7-15)22-19(24)13-27-12-18(23)21-16-8-4-14(2)5-9-16/h4-11H,3,12-13H2,1-2H3,(H,21,23)(H,22,24). The lowest BCUT2D eigenvalue weighted by atomic mass is 10.2. The second-order valence-electron chi connectivity index (χ2n) is 5.75. The quantitative estimate of drug-likeness (QED) is 0.679. The van der Waals surface area contributed by atoms with Gasteiger partial charge in [-0.05, 0) is 50.2 Å². The average Bonchev–Trinajstić information content (AvgIpc) is 2.64. The smallest absolute Gasteiger partial charge is 0.338 e. The van der Waals surface area contributed by atoms with Crippen molar-refractivity contribution in [3.63, 3.8) is 0 Å². The van der Waals surface area contributed by atoms with E-state index in [2.05, 4.69) is 10.6 Å². The van der Waals surface area contributed by atoms with Gasteiger partial charge in [0.05, 0.1) is 23.7 Å². The molecule has 142 valence electrons. The molecule has 0 unspecified atom stereocenters. The van der Waals surface area contributed by atoms with Crippen LogP contribution in [0.25, 0.3) is 0 Å². The third kappa shape index (κ3) is 7.15. The summed E-state index contributed by atoms with van der Waals surface area (Å²) in [6, 6.07) is 14.0. The molecule has 2 aromatic rings. The number of carbonyl (C=O) groups excluding carboxylic acids is 3. The number of aryl methyl sites for hydroxylation is 1. The number of carbonyl (C=O) groups is 3. The molecule has 6 nitrogen and oxygen atoms in total. The maximum absolute atomic E-state index is 12.0. The SMILES string of the molecule is CCOC(=O)c1ccc(NC(=O)CSCC(=O)Nc2ccc(C)cc2)cc1. The Morgan fingerprint density at radius 1 is 0.852 bits per heavy atom. The van der Waals surface area contributed by atoms with Crippen LogP contribution in [0.2, 0.25) is 0 Å². The van der Waals surface area contributed by atoms with Gasteiger partial charge in [-0.25, -0.2) is 4.79 Å². The van der Waals surface area contributed by atoms with Crippen LogP contribution in [-0.2, 0) is 14.3 Å². The van der Waals surface area contributed by atoms with Gasteiger partial charge in [0.2, 0.25) is 11.8 Å². The fraction of sp³-hybridized carbons (Fsp3) is 0.250. The number of rotatable bonds is 8. The van der Waals surface area contributed by atoms with Gasteiger partial charge in [-0.2, -0.15) is 0 Å². The molecular formula is C20H22N2O4S. The molecule has 0 saturated carbocycles. The highest BCUT2D eigenvalue weighted by atomic mass is 32.2. The molecule has 0 fully saturated rings. The van der Waals surface area contributed by atoms with Crippen LogP contribution in [0.4, 0.5) is 11.4 Å². The van der Waals surface area contributed by atoms with Gasteiger partial charge in [0.25, 0.3) is 0 Å². The monoisotopic (exact) mass is 386 g/mol. The number of hydrogen-bond donors (Lipinski definition) is 2. The molecule has 27 heavy (non-hydrogen) atoms. The van der Waals surface area contributed by atoms with Gasteiger partial charge < -0.3 is 15.4 Å². The molecule has 0 atom stereocenters. The first-order valence-electron chi connectivity index (χ1n) is 8.49. The van der Waals surface area contributed by atoms with Crippen LogP contribution in [0.1, 0.15) is 22.8 Å². The number of ether oxygens (including phenoxy) is 1. The van der Waals surface area contributed by atoms with Crippen molar-refractivity contribution in [2.45, 2.75) is 13.8 Å². The van der Waals surface area contributed by atoms with E-state index >= 15 is 0 Å². The molecule has 2 rings (SSSR count). The lowest BCUT2D eigenvalue weighted by Crippen LogP contribution is -2.18. The molecule has 0 radical (unpaired) electrons. The van der Waals surface area contributed by atoms with Crippen molar-refractivity contribution in [3.05, 3.63) is 59.7 Å². The van der Waals surface area contributed by atoms with Crippen molar-refractivity contribution >= 4 is 40.9 Å². The molecule has 2 amide bonds. The number of thioether (sulfide) groups is 1. The predicted molar refractivity (Wildman–Crippen MR) is 108 cm³/mol. The molecule has 0 saturated heterocycles. The molecule has 2 aromatic carbocycles. The highest BCUT2D eigenvalue weighted by molar-refractivity contribution is 8.00. The van der Waals surface area contributed by atoms with Crippen molar-refractivity contribution in [1.82, 2.24) is 0 Å². The molecular weight excluding hydrogens is 364 g/mol. The Hall–Kier alpha value is -2.80. The van der Waals surface area contributed by atoms with Gasteiger partial charge in [-0.3, -0.25) is 9.59 Å². The lowest BCUT2D eigenvalue weighted by Gasteiger charge is -2.07. The highest BCUT2D eigenvalue weighted by Crippen LogP contribution is 2.12. The van der Waals surface area contributed by atoms with Gasteiger partial charge in [0.15, 0.2) is 0 Å². The maximum atomic E-state index is 12.0. The molecule has 7 heteroatoms. The molecule has 0 heterocycles. The third-order valence-corrected chi connectivity index (χ3v) is 4.41. The first-order chi connectivity index (χ1) is 13.0. The fourth-order valence-electron chi connectivity index (χ4n) is 2.17. The molecule has 0 aliphatic heterocycles. The number of anilines is 2. The van der Waals surface area contributed by atoms with Crippen molar-refractivity contribution < 1.29 is 19.1 Å². The Morgan fingerprint density at radius 2 is 1.33 bits per heavy atom. The highest BCUT2D eigenvalue weighted by Gasteiger charge is 2.09. The Balaban J connectivity index is 1.71. The molecule has 2 N–H and O–H groups in total. The van der Waals surface area contributed by atoms with Crippen LogP contribution < -0.4 is 10.6 Å². The van der Waals surface area contributed by atoms with E-state index in [9.17, 15) is 14.4 Å². The predicted octanol–water partition coefficient (Wildman–Crippen LogP) is 3.48. The molecule has 0 aliphatic carbocycles. The summed E-state index contributed by atoms with van der Waals surface area (Å²) >= 11 is 1.23. The largest absolute Gasteiger partial charge is 0.462 e. The van der Waals surface area contributed by atoms with Gasteiger partial charge in [0, 0.05) is 11.4 Å². The summed E-state index contributed by atoms with van der Waals surface area (Å²) in [7, 11) is 0. The topological polar surface area (TPSA) is 84.5 Å². The Bertz CT molecular complexity index is 789. The third-order valence-electron chi connectivity index (χ3n) is 3.48. The second-order valence-corrected chi connectivity index (χ2v) is 6.74. The summed E-state index contributed by atoms with van der Waals surface area (Å²) in [4.78, 5) is 35.4. The minimum absolute atomic E-state index is 0.154. The van der Waals surface area contributed by atoms with E-state index in [0.29, 0.717) is 17.9 Å². The summed E-state index contributed by atoms with van der Waals surface area (Å²) in [5, 5.41) is 5.51. The zero-order valence-electron chi connectivity index (χ0n) is 15.3. The number of nitrogens with one attached hydrogen (secondary N) is 2. The molecule has 0 aromatic heterocycles. The summed E-state index contributed by atoms with van der Waals surface area (Å²) in [6.07, 6.45) is 0. The zero-order valence-corrected chi connectivity index (χ0v) is 16.1. The van der Waals surface area contributed by atoms with Crippen LogP contribution in [0.3, 0.4) is 0 Å². The van der Waals surface area contributed by atoms with E-state index < -0.39 is 5.97 Å². The molecule has 0 spiro atoms. The van der Waals surface area contributed by atoms with Crippen molar-refractivity contribution in [2.24, 2.45) is 0 Å². The van der Waals surface area contributed by atoms with Crippen molar-refractivity contribution in [3.8, 4) is 0 Å². The summed E-state index contributed by atoms with van der Waals surface area (Å²) < 4.78 is 4.91. The maximum Gasteiger partial charge on any atom is 0.338 e. The lowest BCUT2D eigenvalue weighted by molar-refractivity contribution is -0.114. The Labute approximate surface area is 162 Å². The molecule has 0 aliphatic rings. The van der Waals surface area contributed by atoms with E-state index in [1.54, 1.807) is 31.2 Å². The van der Waals surface area contributed by atoms with Gasteiger partial charge in [-0.15, -0.1) is 11.8 Å². The van der Waals surface area contributed by atoms with E-state index in [1.807, 2.05) is 31.2 Å². The second kappa shape index (κ2) is 10.4. The van der Waals surface area contributed by atoms with Crippen LogP contribution >= 0.6 is 11.8 Å². The van der Waals surface area contributed by atoms with Gasteiger partial charge in [-0.1, -0.05) is 17.7 Å². The Morgan fingerprint density at radius 3 is 1.81 bits per heavy atom. The average molecular weight is 386 g/mol. The van der Waals surface area contributed by atoms with E-state index in [1.165, 1.54) is 11.8 Å². The van der Waals surface area contributed by atoms with Gasteiger partial charge in [0.1, 0.15) is 0 Å². The summed E-state index contributed by atoms with van der Waals surface area (Å²) in [5.74, 6) is -0.433. The van der Waals surface area contributed by atoms with Crippen molar-refractivity contribution in [1.29, 1.82) is 0 Å². The van der Waals surface area contributed by atoms with Gasteiger partial charge >= 0.3 is 5.97 Å². The van der Waals surface area contributed by atoms with Crippen molar-refractivity contribution in [2.75, 3.05) is 28.7 Å². The number of esters is 1. The molecule has 0 bridgehead atoms. The minimum atomic E-state index is -0.398. The first kappa shape index (κ1) is 20.5. The van der Waals surface area contributed by atoms with Crippen LogP contribution in [-0.4, -0.2) is 35.9 Å². The zero-order chi connectivity index (χ0) is 19.6. The fourth-order valence-corrected chi connectivity index (χ4v) is 2.79. The van der Waals surface area contributed by atoms with E-state index in [0.717, 1.165) is 11.3 Å². The summed E-state index contributed by atoms with van der Waals surface area (Å²) in [5.41, 5.74) is 2.86. The van der Waals surface area contributed by atoms with Crippen LogP contribution in [0.5, 0.6) is 0 Å². The minimum Gasteiger partial charge on any atom is -0.462 e. The van der Waals surface area contributed by atoms with E-state index in [-0.39, 0.29) is 23.3 Å². The Kier molecular flexibility index (Phi) is 7.88. The number of hydrogen-bond acceptors (Lipinski definition) is 5. The first-order valence-corrected chi connectivity index (χ1v) is 9.64.